The van der Waals surface area contributed by atoms with E-state index in [0.29, 0.717) is 25.3 Å². The molecular weight excluding hydrogens is 578 g/mol. The Kier molecular flexibility index (Phi) is 7.14. The topological polar surface area (TPSA) is 128 Å². The van der Waals surface area contributed by atoms with Gasteiger partial charge in [-0.2, -0.15) is 0 Å². The van der Waals surface area contributed by atoms with Crippen molar-refractivity contribution >= 4 is 17.7 Å². The number of aromatic amines is 2. The summed E-state index contributed by atoms with van der Waals surface area (Å²) in [5.41, 5.74) is 9.44. The summed E-state index contributed by atoms with van der Waals surface area (Å²) in [4.78, 5) is 44.0. The van der Waals surface area contributed by atoms with Crippen molar-refractivity contribution in [2.75, 3.05) is 18.6 Å². The molecule has 2 amide bonds. The second-order valence-corrected chi connectivity index (χ2v) is 12.2. The summed E-state index contributed by atoms with van der Waals surface area (Å²) in [5.74, 6) is 1.58. The fraction of sp³-hybridized carbons (Fsp3) is 0.278. The van der Waals surface area contributed by atoms with Gasteiger partial charge in [0.15, 0.2) is 0 Å². The van der Waals surface area contributed by atoms with Gasteiger partial charge in [0.1, 0.15) is 17.7 Å². The van der Waals surface area contributed by atoms with Gasteiger partial charge < -0.3 is 25.3 Å². The molecule has 3 aliphatic heterocycles. The summed E-state index contributed by atoms with van der Waals surface area (Å²) < 4.78 is 4.80. The zero-order chi connectivity index (χ0) is 31.2. The number of ether oxygens (including phenoxy) is 1. The van der Waals surface area contributed by atoms with Crippen LogP contribution < -0.4 is 15.5 Å². The number of hydrogen-bond donors (Lipinski definition) is 4. The van der Waals surface area contributed by atoms with E-state index in [1.54, 1.807) is 0 Å². The third-order valence-electron chi connectivity index (χ3n) is 9.51. The molecule has 3 atom stereocenters. The Balaban J connectivity index is 1.00. The summed E-state index contributed by atoms with van der Waals surface area (Å²) in [6.45, 7) is 1.05. The third-order valence-corrected chi connectivity index (χ3v) is 9.51. The van der Waals surface area contributed by atoms with E-state index in [4.69, 9.17) is 9.72 Å². The van der Waals surface area contributed by atoms with Gasteiger partial charge in [0.25, 0.3) is 0 Å². The zero-order valence-electron chi connectivity index (χ0n) is 25.5. The molecule has 0 bridgehead atoms. The van der Waals surface area contributed by atoms with Gasteiger partial charge in [0.2, 0.25) is 5.91 Å². The molecule has 232 valence electrons. The van der Waals surface area contributed by atoms with E-state index in [1.165, 1.54) is 13.5 Å². The molecule has 0 saturated carbocycles. The van der Waals surface area contributed by atoms with Crippen molar-refractivity contribution in [2.24, 2.45) is 0 Å². The Labute approximate surface area is 266 Å². The first-order valence-electron chi connectivity index (χ1n) is 15.9. The number of carbonyl (C=O) groups excluding carboxylic acids is 2. The smallest absolute Gasteiger partial charge is 0.407 e. The number of rotatable bonds is 6. The van der Waals surface area contributed by atoms with Crippen LogP contribution >= 0.6 is 0 Å². The summed E-state index contributed by atoms with van der Waals surface area (Å²) in [6.07, 6.45) is 7.29. The number of methoxy groups -OCH3 is 1. The largest absolute Gasteiger partial charge is 0.453 e. The molecule has 4 N–H and O–H groups in total. The van der Waals surface area contributed by atoms with Crippen molar-refractivity contribution in [1.29, 1.82) is 0 Å². The Hall–Kier alpha value is -5.22. The molecule has 10 nitrogen and oxygen atoms in total. The van der Waals surface area contributed by atoms with Crippen molar-refractivity contribution in [2.45, 2.75) is 50.2 Å². The molecule has 8 rings (SSSR count). The number of imidazole rings is 2. The van der Waals surface area contributed by atoms with E-state index in [2.05, 4.69) is 86.2 Å². The van der Waals surface area contributed by atoms with Crippen LogP contribution in [0.15, 0.2) is 79.1 Å². The molecule has 5 aromatic rings. The average molecular weight is 614 g/mol. The Morgan fingerprint density at radius 1 is 0.848 bits per heavy atom. The Morgan fingerprint density at radius 3 is 2.13 bits per heavy atom. The van der Waals surface area contributed by atoms with Crippen molar-refractivity contribution in [3.05, 3.63) is 102 Å². The van der Waals surface area contributed by atoms with Crippen LogP contribution in [-0.2, 0) is 22.4 Å². The summed E-state index contributed by atoms with van der Waals surface area (Å²) in [6, 6.07) is 22.5. The molecule has 46 heavy (non-hydrogen) atoms. The quantitative estimate of drug-likeness (QED) is 0.190. The molecule has 3 aliphatic rings. The highest BCUT2D eigenvalue weighted by atomic mass is 16.5. The number of H-pyrrole nitrogens is 2. The lowest BCUT2D eigenvalue weighted by Gasteiger charge is -2.27. The minimum absolute atomic E-state index is 0.147. The molecule has 0 unspecified atom stereocenters. The van der Waals surface area contributed by atoms with Crippen molar-refractivity contribution in [1.82, 2.24) is 30.6 Å². The molecule has 0 aliphatic carbocycles. The standard InChI is InChI=1S/C36H35N7O3/c1-46-36(45)42-28-16-15-25-4-2-5-26-18-31(43(32(25)26)35(28)44)34-39-20-30(41-34)24-13-9-22(10-14-24)21-7-11-23(12-8-21)29-19-38-33(40-29)27-6-3-17-37-27/h2,4-5,7-14,19-20,27-28,31,37H,3,6,15-18H2,1H3,(H,38,40)(H,39,41)(H,42,45)/t27-,28-,31-/m0/s1. The normalized spacial score (nSPS) is 20.4. The van der Waals surface area contributed by atoms with E-state index in [-0.39, 0.29) is 11.9 Å². The van der Waals surface area contributed by atoms with Gasteiger partial charge in [-0.15, -0.1) is 0 Å². The van der Waals surface area contributed by atoms with Crippen LogP contribution in [-0.4, -0.2) is 51.6 Å². The number of benzene rings is 3. The van der Waals surface area contributed by atoms with Crippen molar-refractivity contribution < 1.29 is 14.3 Å². The first-order valence-corrected chi connectivity index (χ1v) is 15.9. The average Bonchev–Trinajstić information content (AvgIpc) is 3.91. The minimum atomic E-state index is -0.671. The number of amides is 2. The number of alkyl carbamates (subject to hydrolysis) is 1. The number of para-hydroxylation sites is 1. The number of nitrogens with zero attached hydrogens (tertiary/aromatic N) is 3. The molecule has 3 aromatic carbocycles. The predicted octanol–water partition coefficient (Wildman–Crippen LogP) is 5.86. The van der Waals surface area contributed by atoms with E-state index in [9.17, 15) is 9.59 Å². The Bertz CT molecular complexity index is 1900. The second kappa shape index (κ2) is 11.6. The maximum atomic E-state index is 13.8. The van der Waals surface area contributed by atoms with Crippen LogP contribution in [0.3, 0.4) is 0 Å². The third kappa shape index (κ3) is 5.04. The molecule has 1 fully saturated rings. The van der Waals surface area contributed by atoms with Gasteiger partial charge in [-0.1, -0.05) is 66.7 Å². The van der Waals surface area contributed by atoms with Crippen LogP contribution in [0.25, 0.3) is 33.6 Å². The van der Waals surface area contributed by atoms with Crippen molar-refractivity contribution in [3.8, 4) is 33.6 Å². The molecule has 0 spiro atoms. The maximum absolute atomic E-state index is 13.8. The van der Waals surface area contributed by atoms with E-state index in [1.807, 2.05) is 23.4 Å². The predicted molar refractivity (Wildman–Crippen MR) is 175 cm³/mol. The number of anilines is 1. The van der Waals surface area contributed by atoms with Crippen LogP contribution in [0.1, 0.15) is 54.1 Å². The number of nitrogens with one attached hydrogen (secondary N) is 4. The lowest BCUT2D eigenvalue weighted by atomic mass is 10.0. The fourth-order valence-corrected chi connectivity index (χ4v) is 7.10. The lowest BCUT2D eigenvalue weighted by molar-refractivity contribution is -0.121. The van der Waals surface area contributed by atoms with Gasteiger partial charge >= 0.3 is 6.09 Å². The van der Waals surface area contributed by atoms with Crippen LogP contribution in [0.5, 0.6) is 0 Å². The molecule has 5 heterocycles. The number of hydrogen-bond acceptors (Lipinski definition) is 6. The second-order valence-electron chi connectivity index (χ2n) is 12.2. The van der Waals surface area contributed by atoms with Crippen LogP contribution in [0.2, 0.25) is 0 Å². The number of carbonyl (C=O) groups is 2. The first-order chi connectivity index (χ1) is 22.6. The minimum Gasteiger partial charge on any atom is -0.453 e. The van der Waals surface area contributed by atoms with Gasteiger partial charge in [0.05, 0.1) is 48.7 Å². The van der Waals surface area contributed by atoms with Gasteiger partial charge in [-0.25, -0.2) is 14.8 Å². The summed E-state index contributed by atoms with van der Waals surface area (Å²) in [7, 11) is 1.31. The molecule has 10 heteroatoms. The lowest BCUT2D eigenvalue weighted by Crippen LogP contribution is -2.48. The van der Waals surface area contributed by atoms with E-state index >= 15 is 0 Å². The van der Waals surface area contributed by atoms with Crippen LogP contribution in [0.4, 0.5) is 10.5 Å². The maximum Gasteiger partial charge on any atom is 0.407 e. The molecule has 2 aromatic heterocycles. The van der Waals surface area contributed by atoms with Crippen LogP contribution in [0, 0.1) is 0 Å². The fourth-order valence-electron chi connectivity index (χ4n) is 7.10. The molecule has 0 radical (unpaired) electrons. The Morgan fingerprint density at radius 2 is 1.48 bits per heavy atom. The SMILES string of the molecule is COC(=O)N[C@H]1CCc2cccc3c2N(C1=O)[C@H](c1ncc(-c2ccc(-c4ccc(-c5cnc([C@@H]6CCCN6)[nH]5)cc4)cc2)[nH]1)C3. The number of aromatic nitrogens is 4. The highest BCUT2D eigenvalue weighted by molar-refractivity contribution is 6.02. The molecule has 1 saturated heterocycles. The zero-order valence-corrected chi connectivity index (χ0v) is 25.5. The highest BCUT2D eigenvalue weighted by Gasteiger charge is 2.42. The van der Waals surface area contributed by atoms with Gasteiger partial charge in [0, 0.05) is 6.42 Å². The van der Waals surface area contributed by atoms with Gasteiger partial charge in [-0.05, 0) is 65.6 Å². The highest BCUT2D eigenvalue weighted by Crippen LogP contribution is 2.44. The van der Waals surface area contributed by atoms with Crippen molar-refractivity contribution in [3.63, 3.8) is 0 Å². The van der Waals surface area contributed by atoms with E-state index in [0.717, 1.165) is 75.1 Å². The van der Waals surface area contributed by atoms with Gasteiger partial charge in [-0.3, -0.25) is 9.69 Å². The monoisotopic (exact) mass is 613 g/mol. The van der Waals surface area contributed by atoms with E-state index < -0.39 is 12.1 Å². The summed E-state index contributed by atoms with van der Waals surface area (Å²) >= 11 is 0. The number of aryl methyl sites for hydroxylation is 1. The summed E-state index contributed by atoms with van der Waals surface area (Å²) in [5, 5.41) is 6.23. The first kappa shape index (κ1) is 28.3. The molecular formula is C36H35N7O3.